The Labute approximate surface area is 186 Å². The lowest BCUT2D eigenvalue weighted by Crippen LogP contribution is -2.58. The van der Waals surface area contributed by atoms with Crippen LogP contribution >= 0.6 is 0 Å². The van der Waals surface area contributed by atoms with Gasteiger partial charge in [0.05, 0.1) is 6.10 Å². The Hall–Kier alpha value is -1.88. The van der Waals surface area contributed by atoms with Crippen molar-refractivity contribution < 1.29 is 14.7 Å². The van der Waals surface area contributed by atoms with E-state index in [1.165, 1.54) is 0 Å². The minimum absolute atomic E-state index is 0.00259. The van der Waals surface area contributed by atoms with Gasteiger partial charge in [0.1, 0.15) is 0 Å². The van der Waals surface area contributed by atoms with Crippen LogP contribution in [-0.2, 0) is 4.79 Å². The zero-order valence-corrected chi connectivity index (χ0v) is 19.2. The van der Waals surface area contributed by atoms with Crippen LogP contribution in [0.2, 0.25) is 0 Å². The summed E-state index contributed by atoms with van der Waals surface area (Å²) >= 11 is 0. The Morgan fingerprint density at radius 2 is 1.77 bits per heavy atom. The lowest BCUT2D eigenvalue weighted by atomic mass is 9.51. The second-order valence-electron chi connectivity index (χ2n) is 10.5. The van der Waals surface area contributed by atoms with Gasteiger partial charge in [0.25, 0.3) is 5.91 Å². The van der Waals surface area contributed by atoms with Gasteiger partial charge in [-0.1, -0.05) is 39.0 Å². The van der Waals surface area contributed by atoms with E-state index in [4.69, 9.17) is 0 Å². The molecule has 1 saturated heterocycles. The summed E-state index contributed by atoms with van der Waals surface area (Å²) in [6, 6.07) is 9.39. The third-order valence-corrected chi connectivity index (χ3v) is 8.69. The Morgan fingerprint density at radius 3 is 2.45 bits per heavy atom. The van der Waals surface area contributed by atoms with Crippen LogP contribution in [0.15, 0.2) is 30.3 Å². The van der Waals surface area contributed by atoms with Crippen molar-refractivity contribution >= 4 is 11.8 Å². The van der Waals surface area contributed by atoms with Gasteiger partial charge in [0.2, 0.25) is 5.91 Å². The first-order valence-corrected chi connectivity index (χ1v) is 12.1. The summed E-state index contributed by atoms with van der Waals surface area (Å²) in [5, 5.41) is 14.8. The predicted octanol–water partition coefficient (Wildman–Crippen LogP) is 3.87. The molecule has 2 aliphatic carbocycles. The number of nitrogens with one attached hydrogen (secondary N) is 1. The third kappa shape index (κ3) is 4.26. The van der Waals surface area contributed by atoms with Gasteiger partial charge in [-0.25, -0.2) is 0 Å². The molecule has 3 fully saturated rings. The molecule has 2 amide bonds. The lowest BCUT2D eigenvalue weighted by Gasteiger charge is -2.56. The molecule has 1 aliphatic heterocycles. The number of aliphatic hydroxyl groups excluding tert-OH is 1. The molecule has 2 saturated carbocycles. The van der Waals surface area contributed by atoms with Crippen molar-refractivity contribution in [2.45, 2.75) is 71.4 Å². The van der Waals surface area contributed by atoms with Crippen molar-refractivity contribution in [1.82, 2.24) is 10.2 Å². The zero-order chi connectivity index (χ0) is 22.2. The van der Waals surface area contributed by atoms with E-state index >= 15 is 0 Å². The van der Waals surface area contributed by atoms with E-state index in [0.29, 0.717) is 5.56 Å². The topological polar surface area (TPSA) is 69.6 Å². The Morgan fingerprint density at radius 1 is 1.13 bits per heavy atom. The van der Waals surface area contributed by atoms with Crippen LogP contribution in [-0.4, -0.2) is 47.1 Å². The lowest BCUT2D eigenvalue weighted by molar-refractivity contribution is -0.149. The monoisotopic (exact) mass is 426 g/mol. The zero-order valence-electron chi connectivity index (χ0n) is 19.2. The normalized spacial score (nSPS) is 36.5. The fraction of sp³-hybridized carbons (Fsp3) is 0.692. The standard InChI is InChI=1S/C26H38N2O3/c1-17(25(31)28-15-7-8-16-28)20-11-13-26(3)14-12-21(18(2)22(26)23(20)29)27-24(30)19-9-5-4-6-10-19/h4-6,9-10,17-18,20-23,29H,7-8,11-16H2,1-3H3,(H,27,30). The van der Waals surface area contributed by atoms with Gasteiger partial charge in [-0.2, -0.15) is 0 Å². The molecule has 0 radical (unpaired) electrons. The largest absolute Gasteiger partial charge is 0.392 e. The van der Waals surface area contributed by atoms with E-state index in [2.05, 4.69) is 19.2 Å². The molecule has 5 nitrogen and oxygen atoms in total. The fourth-order valence-electron chi connectivity index (χ4n) is 6.75. The Kier molecular flexibility index (Phi) is 6.43. The highest BCUT2D eigenvalue weighted by atomic mass is 16.3. The van der Waals surface area contributed by atoms with Crippen molar-refractivity contribution in [1.29, 1.82) is 0 Å². The van der Waals surface area contributed by atoms with E-state index in [9.17, 15) is 14.7 Å². The molecule has 7 atom stereocenters. The molecule has 7 unspecified atom stereocenters. The fourth-order valence-corrected chi connectivity index (χ4v) is 6.75. The number of hydrogen-bond acceptors (Lipinski definition) is 3. The molecule has 5 heteroatoms. The highest BCUT2D eigenvalue weighted by molar-refractivity contribution is 5.94. The summed E-state index contributed by atoms with van der Waals surface area (Å²) in [5.41, 5.74) is 0.745. The first-order valence-electron chi connectivity index (χ1n) is 12.1. The summed E-state index contributed by atoms with van der Waals surface area (Å²) in [6.45, 7) is 8.21. The van der Waals surface area contributed by atoms with E-state index < -0.39 is 6.10 Å². The van der Waals surface area contributed by atoms with Crippen LogP contribution in [0.5, 0.6) is 0 Å². The summed E-state index contributed by atoms with van der Waals surface area (Å²) in [5.74, 6) is 0.276. The molecule has 0 aromatic heterocycles. The molecule has 0 bridgehead atoms. The molecule has 3 aliphatic rings. The van der Waals surface area contributed by atoms with Crippen LogP contribution in [0.3, 0.4) is 0 Å². The van der Waals surface area contributed by atoms with Crippen molar-refractivity contribution in [3.63, 3.8) is 0 Å². The van der Waals surface area contributed by atoms with E-state index in [0.717, 1.165) is 51.6 Å². The molecule has 2 N–H and O–H groups in total. The number of amides is 2. The second kappa shape index (κ2) is 8.93. The molecule has 31 heavy (non-hydrogen) atoms. The summed E-state index contributed by atoms with van der Waals surface area (Å²) < 4.78 is 0. The average Bonchev–Trinajstić information content (AvgIpc) is 3.30. The number of likely N-dealkylation sites (tertiary alicyclic amines) is 1. The maximum Gasteiger partial charge on any atom is 0.251 e. The first kappa shape index (κ1) is 22.3. The smallest absolute Gasteiger partial charge is 0.251 e. The SMILES string of the molecule is CC(C(=O)N1CCCC1)C1CCC2(C)CCC(NC(=O)c3ccccc3)C(C)C2C1O. The van der Waals surface area contributed by atoms with Crippen LogP contribution in [0.1, 0.15) is 69.7 Å². The summed E-state index contributed by atoms with van der Waals surface area (Å²) in [4.78, 5) is 27.8. The minimum Gasteiger partial charge on any atom is -0.392 e. The number of nitrogens with zero attached hydrogens (tertiary/aromatic N) is 1. The van der Waals surface area contributed by atoms with E-state index in [1.54, 1.807) is 0 Å². The molecular formula is C26H38N2O3. The van der Waals surface area contributed by atoms with Gasteiger partial charge in [-0.3, -0.25) is 9.59 Å². The quantitative estimate of drug-likeness (QED) is 0.768. The maximum atomic E-state index is 13.0. The van der Waals surface area contributed by atoms with Gasteiger partial charge >= 0.3 is 0 Å². The molecule has 1 aromatic rings. The van der Waals surface area contributed by atoms with Gasteiger partial charge in [0, 0.05) is 30.6 Å². The molecule has 170 valence electrons. The van der Waals surface area contributed by atoms with Crippen molar-refractivity contribution in [2.75, 3.05) is 13.1 Å². The molecule has 0 spiro atoms. The number of fused-ring (bicyclic) bond motifs is 1. The average molecular weight is 427 g/mol. The molecule has 1 heterocycles. The van der Waals surface area contributed by atoms with Crippen LogP contribution < -0.4 is 5.32 Å². The van der Waals surface area contributed by atoms with Gasteiger partial charge in [-0.05, 0) is 73.8 Å². The minimum atomic E-state index is -0.508. The van der Waals surface area contributed by atoms with Crippen molar-refractivity contribution in [3.05, 3.63) is 35.9 Å². The highest BCUT2D eigenvalue weighted by Crippen LogP contribution is 2.55. The number of aliphatic hydroxyl groups is 1. The predicted molar refractivity (Wildman–Crippen MR) is 121 cm³/mol. The Balaban J connectivity index is 1.48. The van der Waals surface area contributed by atoms with Crippen molar-refractivity contribution in [2.24, 2.45) is 29.1 Å². The van der Waals surface area contributed by atoms with Crippen LogP contribution in [0.25, 0.3) is 0 Å². The summed E-state index contributed by atoms with van der Waals surface area (Å²) in [6.07, 6.45) is 5.56. The number of rotatable bonds is 4. The Bertz CT molecular complexity index is 791. The van der Waals surface area contributed by atoms with Gasteiger partial charge in [-0.15, -0.1) is 0 Å². The number of carbonyl (C=O) groups excluding carboxylic acids is 2. The third-order valence-electron chi connectivity index (χ3n) is 8.69. The van der Waals surface area contributed by atoms with Crippen molar-refractivity contribution in [3.8, 4) is 0 Å². The van der Waals surface area contributed by atoms with Crippen LogP contribution in [0.4, 0.5) is 0 Å². The van der Waals surface area contributed by atoms with Gasteiger partial charge in [0.15, 0.2) is 0 Å². The number of carbonyl (C=O) groups is 2. The maximum absolute atomic E-state index is 13.0. The first-order chi connectivity index (χ1) is 14.8. The molecular weight excluding hydrogens is 388 g/mol. The number of benzene rings is 1. The second-order valence-corrected chi connectivity index (χ2v) is 10.5. The van der Waals surface area contributed by atoms with Gasteiger partial charge < -0.3 is 15.3 Å². The van der Waals surface area contributed by atoms with E-state index in [1.807, 2.05) is 42.2 Å². The molecule has 1 aromatic carbocycles. The highest BCUT2D eigenvalue weighted by Gasteiger charge is 2.54. The van der Waals surface area contributed by atoms with Crippen LogP contribution in [0, 0.1) is 29.1 Å². The number of hydrogen-bond donors (Lipinski definition) is 2. The van der Waals surface area contributed by atoms with E-state index in [-0.39, 0.29) is 46.9 Å². The molecule has 4 rings (SSSR count). The summed E-state index contributed by atoms with van der Waals surface area (Å²) in [7, 11) is 0.